The van der Waals surface area contributed by atoms with Gasteiger partial charge in [-0.15, -0.1) is 13.2 Å². The third-order valence-electron chi connectivity index (χ3n) is 0.376. The van der Waals surface area contributed by atoms with Crippen molar-refractivity contribution in [3.8, 4) is 0 Å². The number of hydrogen-bond acceptors (Lipinski definition) is 2. The van der Waals surface area contributed by atoms with E-state index in [1.807, 2.05) is 0 Å². The van der Waals surface area contributed by atoms with Crippen molar-refractivity contribution < 1.29 is 14.7 Å². The van der Waals surface area contributed by atoms with Crippen molar-refractivity contribution in [1.82, 2.24) is 0 Å². The Morgan fingerprint density at radius 1 is 1.17 bits per heavy atom. The molecule has 0 aromatic heterocycles. The lowest BCUT2D eigenvalue weighted by atomic mass is 10.6. The van der Waals surface area contributed by atoms with Gasteiger partial charge in [0.2, 0.25) is 5.91 Å². The predicted octanol–water partition coefficient (Wildman–Crippen LogP) is 0.717. The first kappa shape index (κ1) is 16.6. The molecule has 0 atom stereocenters. The molecule has 3 N–H and O–H groups in total. The van der Waals surface area contributed by atoms with Gasteiger partial charge in [0.25, 0.3) is 0 Å². The first-order valence-corrected chi connectivity index (χ1v) is 2.81. The molecule has 1 amide bonds. The van der Waals surface area contributed by atoms with Gasteiger partial charge in [-0.2, -0.15) is 0 Å². The van der Waals surface area contributed by atoms with Crippen molar-refractivity contribution >= 4 is 11.9 Å². The van der Waals surface area contributed by atoms with Crippen LogP contribution in [0.1, 0.15) is 0 Å². The summed E-state index contributed by atoms with van der Waals surface area (Å²) in [5, 5.41) is 7.60. The molecule has 0 rings (SSSR count). The summed E-state index contributed by atoms with van der Waals surface area (Å²) in [6.45, 7) is 12.0. The van der Waals surface area contributed by atoms with Gasteiger partial charge in [-0.25, -0.2) is 4.79 Å². The van der Waals surface area contributed by atoms with E-state index in [0.29, 0.717) is 0 Å². The van der Waals surface area contributed by atoms with E-state index in [2.05, 4.69) is 32.0 Å². The van der Waals surface area contributed by atoms with E-state index in [1.165, 1.54) is 0 Å². The molecule has 0 spiro atoms. The molecule has 12 heavy (non-hydrogen) atoms. The van der Waals surface area contributed by atoms with Crippen molar-refractivity contribution in [1.29, 1.82) is 0 Å². The number of nitrogens with two attached hydrogens (primary N) is 1. The van der Waals surface area contributed by atoms with Crippen LogP contribution in [0.5, 0.6) is 0 Å². The van der Waals surface area contributed by atoms with Crippen molar-refractivity contribution in [2.24, 2.45) is 5.73 Å². The average molecular weight is 171 g/mol. The number of aliphatic carboxylic acids is 1. The summed E-state index contributed by atoms with van der Waals surface area (Å²) < 4.78 is 0. The lowest BCUT2D eigenvalue weighted by molar-refractivity contribution is -0.131. The molecule has 0 aromatic carbocycles. The largest absolute Gasteiger partial charge is 0.478 e. The van der Waals surface area contributed by atoms with Gasteiger partial charge in [0.15, 0.2) is 0 Å². The van der Waals surface area contributed by atoms with Gasteiger partial charge in [-0.05, 0) is 6.08 Å². The van der Waals surface area contributed by atoms with E-state index in [4.69, 9.17) is 5.11 Å². The van der Waals surface area contributed by atoms with E-state index < -0.39 is 11.9 Å². The third kappa shape index (κ3) is 89.7. The molecule has 0 aliphatic heterocycles. The summed E-state index contributed by atoms with van der Waals surface area (Å²) in [6, 6.07) is 0. The van der Waals surface area contributed by atoms with Crippen molar-refractivity contribution in [3.63, 3.8) is 0 Å². The quantitative estimate of drug-likeness (QED) is 0.474. The monoisotopic (exact) mass is 171 g/mol. The van der Waals surface area contributed by atoms with Gasteiger partial charge in [0, 0.05) is 6.08 Å². The van der Waals surface area contributed by atoms with E-state index in [0.717, 1.165) is 12.2 Å². The molecule has 0 aromatic rings. The summed E-state index contributed by atoms with van der Waals surface area (Å²) >= 11 is 0. The summed E-state index contributed by atoms with van der Waals surface area (Å²) in [4.78, 5) is 18.7. The second-order valence-corrected chi connectivity index (χ2v) is 1.15. The number of hydrogen-bond donors (Lipinski definition) is 2. The maximum Gasteiger partial charge on any atom is 0.327 e. The fourth-order valence-electron chi connectivity index (χ4n) is 0. The fraction of sp³-hybridized carbons (Fsp3) is 0. The number of carboxylic acids is 1. The molecule has 0 aliphatic rings. The van der Waals surface area contributed by atoms with Crippen LogP contribution in [0.25, 0.3) is 0 Å². The third-order valence-corrected chi connectivity index (χ3v) is 0.376. The minimum absolute atomic E-state index is 0.481. The van der Waals surface area contributed by atoms with Gasteiger partial charge in [-0.1, -0.05) is 13.2 Å². The van der Waals surface area contributed by atoms with Crippen LogP contribution in [0.15, 0.2) is 38.5 Å². The Morgan fingerprint density at radius 2 is 1.33 bits per heavy atom. The number of rotatable bonds is 2. The molecular formula is C8H13NO3. The Balaban J connectivity index is -0.000000112. The maximum atomic E-state index is 9.47. The fourth-order valence-corrected chi connectivity index (χ4v) is 0. The highest BCUT2D eigenvalue weighted by Crippen LogP contribution is 1.54. The first-order valence-electron chi connectivity index (χ1n) is 2.81. The Morgan fingerprint density at radius 3 is 1.33 bits per heavy atom. The highest BCUT2D eigenvalue weighted by molar-refractivity contribution is 5.84. The standard InChI is InChI=1S/C3H5NO.C3H4O2.C2H4/c2*1-2-3(4)5;1-2/h2H,1H2,(H2,4,5);2H,1H2,(H,4,5);1-2H2. The van der Waals surface area contributed by atoms with Crippen LogP contribution in [-0.4, -0.2) is 17.0 Å². The zero-order valence-electron chi connectivity index (χ0n) is 6.82. The second-order valence-electron chi connectivity index (χ2n) is 1.15. The lowest BCUT2D eigenvalue weighted by Crippen LogP contribution is -2.04. The summed E-state index contributed by atoms with van der Waals surface area (Å²) in [7, 11) is 0. The van der Waals surface area contributed by atoms with Crippen LogP contribution in [0.3, 0.4) is 0 Å². The molecule has 0 unspecified atom stereocenters. The highest BCUT2D eigenvalue weighted by atomic mass is 16.4. The van der Waals surface area contributed by atoms with Crippen LogP contribution in [-0.2, 0) is 9.59 Å². The average Bonchev–Trinajstić information content (AvgIpc) is 2.09. The molecule has 0 aliphatic carbocycles. The maximum absolute atomic E-state index is 9.47. The van der Waals surface area contributed by atoms with Gasteiger partial charge < -0.3 is 10.8 Å². The van der Waals surface area contributed by atoms with Crippen LogP contribution in [0.4, 0.5) is 0 Å². The van der Waals surface area contributed by atoms with Crippen molar-refractivity contribution in [3.05, 3.63) is 38.5 Å². The normalized spacial score (nSPS) is 5.67. The molecular weight excluding hydrogens is 158 g/mol. The van der Waals surface area contributed by atoms with E-state index >= 15 is 0 Å². The second kappa shape index (κ2) is 16.1. The minimum atomic E-state index is -0.981. The summed E-state index contributed by atoms with van der Waals surface area (Å²) in [6.07, 6.45) is 1.89. The van der Waals surface area contributed by atoms with Gasteiger partial charge >= 0.3 is 5.97 Å². The lowest BCUT2D eigenvalue weighted by Gasteiger charge is -1.65. The van der Waals surface area contributed by atoms with E-state index in [9.17, 15) is 9.59 Å². The topological polar surface area (TPSA) is 80.4 Å². The molecule has 0 heterocycles. The highest BCUT2D eigenvalue weighted by Gasteiger charge is 1.73. The van der Waals surface area contributed by atoms with Crippen LogP contribution in [0, 0.1) is 0 Å². The summed E-state index contributed by atoms with van der Waals surface area (Å²) in [5.74, 6) is -1.46. The zero-order chi connectivity index (χ0) is 10.6. The van der Waals surface area contributed by atoms with E-state index in [1.54, 1.807) is 0 Å². The Kier molecular flexibility index (Phi) is 22.3. The molecule has 0 bridgehead atoms. The minimum Gasteiger partial charge on any atom is -0.478 e. The Labute approximate surface area is 71.7 Å². The van der Waals surface area contributed by atoms with Gasteiger partial charge in [0.05, 0.1) is 0 Å². The number of amides is 1. The van der Waals surface area contributed by atoms with Gasteiger partial charge in [-0.3, -0.25) is 4.79 Å². The number of primary amides is 1. The van der Waals surface area contributed by atoms with Crippen molar-refractivity contribution in [2.45, 2.75) is 0 Å². The van der Waals surface area contributed by atoms with E-state index in [-0.39, 0.29) is 0 Å². The predicted molar refractivity (Wildman–Crippen MR) is 48.5 cm³/mol. The molecule has 0 saturated heterocycles. The van der Waals surface area contributed by atoms with Crippen LogP contribution < -0.4 is 5.73 Å². The molecule has 68 valence electrons. The Hall–Kier alpha value is -1.84. The Bertz CT molecular complexity index is 146. The number of carboxylic acid groups (broad SMARTS) is 1. The first-order chi connectivity index (χ1) is 5.54. The van der Waals surface area contributed by atoms with Crippen LogP contribution >= 0.6 is 0 Å². The molecule has 0 fully saturated rings. The smallest absolute Gasteiger partial charge is 0.327 e. The SMILES string of the molecule is C=C.C=CC(=O)O.C=CC(N)=O. The van der Waals surface area contributed by atoms with Gasteiger partial charge in [0.1, 0.15) is 0 Å². The molecule has 4 nitrogen and oxygen atoms in total. The summed E-state index contributed by atoms with van der Waals surface area (Å²) in [5.41, 5.74) is 4.53. The molecule has 0 radical (unpaired) electrons. The molecule has 0 saturated carbocycles. The number of carbonyl (C=O) groups is 2. The van der Waals surface area contributed by atoms with Crippen LogP contribution in [0.2, 0.25) is 0 Å². The number of carbonyl (C=O) groups excluding carboxylic acids is 1. The molecule has 4 heteroatoms. The zero-order valence-corrected chi connectivity index (χ0v) is 6.82. The van der Waals surface area contributed by atoms with Crippen molar-refractivity contribution in [2.75, 3.05) is 0 Å².